The highest BCUT2D eigenvalue weighted by molar-refractivity contribution is 5.71. The Bertz CT molecular complexity index is 330. The number of ether oxygens (including phenoxy) is 1. The lowest BCUT2D eigenvalue weighted by molar-refractivity contribution is -0.141. The van der Waals surface area contributed by atoms with Gasteiger partial charge in [0, 0.05) is 44.7 Å². The van der Waals surface area contributed by atoms with Crippen LogP contribution >= 0.6 is 0 Å². The number of carbonyl (C=O) groups excluding carboxylic acids is 1. The molecule has 2 saturated heterocycles. The fourth-order valence-electron chi connectivity index (χ4n) is 3.31. The highest BCUT2D eigenvalue weighted by Crippen LogP contribution is 2.22. The first-order valence-electron chi connectivity index (χ1n) is 8.01. The van der Waals surface area contributed by atoms with Gasteiger partial charge in [0.1, 0.15) is 6.10 Å². The van der Waals surface area contributed by atoms with E-state index < -0.39 is 0 Å². The Labute approximate surface area is 123 Å². The van der Waals surface area contributed by atoms with Gasteiger partial charge in [-0.05, 0) is 39.5 Å². The van der Waals surface area contributed by atoms with Crippen LogP contribution in [0.25, 0.3) is 0 Å². The lowest BCUT2D eigenvalue weighted by Gasteiger charge is -2.42. The molecule has 2 fully saturated rings. The van der Waals surface area contributed by atoms with Crippen molar-refractivity contribution in [2.24, 2.45) is 5.92 Å². The van der Waals surface area contributed by atoms with E-state index in [0.29, 0.717) is 12.3 Å². The van der Waals surface area contributed by atoms with Crippen molar-refractivity contribution >= 4 is 5.97 Å². The number of nitrogens with zero attached hydrogens (tertiary/aromatic N) is 2. The zero-order chi connectivity index (χ0) is 14.8. The van der Waals surface area contributed by atoms with Gasteiger partial charge in [0.2, 0.25) is 0 Å². The third-order valence-corrected chi connectivity index (χ3v) is 4.52. The van der Waals surface area contributed by atoms with E-state index in [-0.39, 0.29) is 17.6 Å². The average Bonchev–Trinajstić information content (AvgIpc) is 2.74. The molecule has 4 heteroatoms. The fraction of sp³-hybridized carbons (Fsp3) is 0.938. The second kappa shape index (κ2) is 6.44. The van der Waals surface area contributed by atoms with Gasteiger partial charge >= 0.3 is 5.97 Å². The second-order valence-electron chi connectivity index (χ2n) is 7.45. The van der Waals surface area contributed by atoms with Crippen molar-refractivity contribution in [2.75, 3.05) is 32.7 Å². The van der Waals surface area contributed by atoms with E-state index in [1.54, 1.807) is 0 Å². The van der Waals surface area contributed by atoms with Crippen LogP contribution in [0.3, 0.4) is 0 Å². The SMILES string of the molecule is CC(CC1CCC(=O)O1)CN1CCN(C(C)(C)C)CC1. The van der Waals surface area contributed by atoms with Crippen LogP contribution in [0, 0.1) is 5.92 Å². The smallest absolute Gasteiger partial charge is 0.306 e. The van der Waals surface area contributed by atoms with Crippen molar-refractivity contribution in [2.45, 2.75) is 58.6 Å². The third-order valence-electron chi connectivity index (χ3n) is 4.52. The number of carbonyl (C=O) groups is 1. The minimum Gasteiger partial charge on any atom is -0.462 e. The molecule has 2 atom stereocenters. The summed E-state index contributed by atoms with van der Waals surface area (Å²) in [6.45, 7) is 14.9. The first kappa shape index (κ1) is 15.8. The maximum atomic E-state index is 11.1. The van der Waals surface area contributed by atoms with Crippen LogP contribution in [0.4, 0.5) is 0 Å². The highest BCUT2D eigenvalue weighted by Gasteiger charge is 2.28. The molecule has 2 aliphatic rings. The summed E-state index contributed by atoms with van der Waals surface area (Å²) in [6, 6.07) is 0. The molecule has 0 aliphatic carbocycles. The number of hydrogen-bond donors (Lipinski definition) is 0. The third kappa shape index (κ3) is 4.45. The maximum absolute atomic E-state index is 11.1. The lowest BCUT2D eigenvalue weighted by Crippen LogP contribution is -2.54. The molecule has 4 nitrogen and oxygen atoms in total. The number of piperazine rings is 1. The predicted octanol–water partition coefficient (Wildman–Crippen LogP) is 2.13. The molecule has 0 radical (unpaired) electrons. The van der Waals surface area contributed by atoms with Crippen molar-refractivity contribution < 1.29 is 9.53 Å². The van der Waals surface area contributed by atoms with Crippen molar-refractivity contribution in [3.63, 3.8) is 0 Å². The van der Waals surface area contributed by atoms with Gasteiger partial charge in [0.15, 0.2) is 0 Å². The van der Waals surface area contributed by atoms with Crippen molar-refractivity contribution in [3.8, 4) is 0 Å². The molecule has 2 heterocycles. The normalized spacial score (nSPS) is 27.6. The Kier molecular flexibility index (Phi) is 5.08. The topological polar surface area (TPSA) is 32.8 Å². The summed E-state index contributed by atoms with van der Waals surface area (Å²) in [5.74, 6) is 0.591. The monoisotopic (exact) mass is 282 g/mol. The molecule has 0 bridgehead atoms. The van der Waals surface area contributed by atoms with Crippen LogP contribution in [0.1, 0.15) is 47.0 Å². The lowest BCUT2D eigenvalue weighted by atomic mass is 10.00. The van der Waals surface area contributed by atoms with E-state index in [4.69, 9.17) is 4.74 Å². The van der Waals surface area contributed by atoms with Gasteiger partial charge in [0.05, 0.1) is 0 Å². The van der Waals surface area contributed by atoms with Crippen LogP contribution in [-0.4, -0.2) is 60.1 Å². The van der Waals surface area contributed by atoms with Gasteiger partial charge in [-0.25, -0.2) is 0 Å². The molecule has 0 saturated carbocycles. The Hall–Kier alpha value is -0.610. The average molecular weight is 282 g/mol. The summed E-state index contributed by atoms with van der Waals surface area (Å²) in [5, 5.41) is 0. The minimum atomic E-state index is -0.0130. The van der Waals surface area contributed by atoms with Crippen LogP contribution < -0.4 is 0 Å². The molecule has 2 aliphatic heterocycles. The maximum Gasteiger partial charge on any atom is 0.306 e. The van der Waals surface area contributed by atoms with E-state index in [9.17, 15) is 4.79 Å². The fourth-order valence-corrected chi connectivity index (χ4v) is 3.31. The van der Waals surface area contributed by atoms with Gasteiger partial charge < -0.3 is 9.64 Å². The molecular weight excluding hydrogens is 252 g/mol. The van der Waals surface area contributed by atoms with Crippen LogP contribution in [0.5, 0.6) is 0 Å². The van der Waals surface area contributed by atoms with Gasteiger partial charge in [-0.3, -0.25) is 9.69 Å². The van der Waals surface area contributed by atoms with Crippen molar-refractivity contribution in [1.82, 2.24) is 9.80 Å². The van der Waals surface area contributed by atoms with E-state index >= 15 is 0 Å². The summed E-state index contributed by atoms with van der Waals surface area (Å²) in [4.78, 5) is 16.2. The molecule has 0 aromatic heterocycles. The molecule has 116 valence electrons. The molecule has 0 amide bonds. The van der Waals surface area contributed by atoms with Crippen molar-refractivity contribution in [3.05, 3.63) is 0 Å². The number of hydrogen-bond acceptors (Lipinski definition) is 4. The summed E-state index contributed by atoms with van der Waals surface area (Å²) in [7, 11) is 0. The van der Waals surface area contributed by atoms with E-state index in [1.807, 2.05) is 0 Å². The Balaban J connectivity index is 1.68. The predicted molar refractivity (Wildman–Crippen MR) is 80.7 cm³/mol. The molecule has 2 rings (SSSR count). The Morgan fingerprint density at radius 2 is 1.90 bits per heavy atom. The zero-order valence-corrected chi connectivity index (χ0v) is 13.5. The van der Waals surface area contributed by atoms with Gasteiger partial charge in [0.25, 0.3) is 0 Å². The molecule has 0 aromatic rings. The summed E-state index contributed by atoms with van der Waals surface area (Å²) in [6.07, 6.45) is 2.72. The Morgan fingerprint density at radius 1 is 1.25 bits per heavy atom. The first-order chi connectivity index (χ1) is 9.34. The van der Waals surface area contributed by atoms with Gasteiger partial charge in [-0.2, -0.15) is 0 Å². The van der Waals surface area contributed by atoms with E-state index in [1.165, 1.54) is 0 Å². The molecule has 0 N–H and O–H groups in total. The van der Waals surface area contributed by atoms with Crippen molar-refractivity contribution in [1.29, 1.82) is 0 Å². The van der Waals surface area contributed by atoms with Gasteiger partial charge in [-0.1, -0.05) is 6.92 Å². The summed E-state index contributed by atoms with van der Waals surface area (Å²) >= 11 is 0. The zero-order valence-electron chi connectivity index (χ0n) is 13.5. The standard InChI is InChI=1S/C16H30N2O2/c1-13(11-14-5-6-15(19)20-14)12-17-7-9-18(10-8-17)16(2,3)4/h13-14H,5-12H2,1-4H3. The van der Waals surface area contributed by atoms with Crippen LogP contribution in [-0.2, 0) is 9.53 Å². The first-order valence-corrected chi connectivity index (χ1v) is 8.01. The van der Waals surface area contributed by atoms with E-state index in [0.717, 1.165) is 45.6 Å². The van der Waals surface area contributed by atoms with Gasteiger partial charge in [-0.15, -0.1) is 0 Å². The number of cyclic esters (lactones) is 1. The molecular formula is C16H30N2O2. The summed E-state index contributed by atoms with van der Waals surface area (Å²) < 4.78 is 5.32. The molecule has 20 heavy (non-hydrogen) atoms. The largest absolute Gasteiger partial charge is 0.462 e. The number of rotatable bonds is 4. The van der Waals surface area contributed by atoms with E-state index in [2.05, 4.69) is 37.5 Å². The number of esters is 1. The molecule has 0 spiro atoms. The second-order valence-corrected chi connectivity index (χ2v) is 7.45. The quantitative estimate of drug-likeness (QED) is 0.740. The van der Waals surface area contributed by atoms with Crippen LogP contribution in [0.2, 0.25) is 0 Å². The molecule has 0 aromatic carbocycles. The van der Waals surface area contributed by atoms with Crippen LogP contribution in [0.15, 0.2) is 0 Å². The highest BCUT2D eigenvalue weighted by atomic mass is 16.5. The Morgan fingerprint density at radius 3 is 2.40 bits per heavy atom. The minimum absolute atomic E-state index is 0.0130. The summed E-state index contributed by atoms with van der Waals surface area (Å²) in [5.41, 5.74) is 0.287. The molecule has 2 unspecified atom stereocenters.